The summed E-state index contributed by atoms with van der Waals surface area (Å²) < 4.78 is 0. The smallest absolute Gasteiger partial charge is 0.340 e. The highest BCUT2D eigenvalue weighted by Crippen LogP contribution is 2.18. The van der Waals surface area contributed by atoms with E-state index in [4.69, 9.17) is 10.8 Å². The topological polar surface area (TPSA) is 83.5 Å². The monoisotopic (exact) mass is 155 g/mol. The second-order valence-corrected chi connectivity index (χ2v) is 2.47. The summed E-state index contributed by atoms with van der Waals surface area (Å²) in [5, 5.41) is 17.8. The van der Waals surface area contributed by atoms with Crippen molar-refractivity contribution in [1.29, 1.82) is 0 Å². The van der Waals surface area contributed by atoms with Gasteiger partial charge in [0.15, 0.2) is 5.60 Å². The van der Waals surface area contributed by atoms with Gasteiger partial charge in [-0.05, 0) is 12.2 Å². The van der Waals surface area contributed by atoms with Gasteiger partial charge in [-0.15, -0.1) is 0 Å². The molecule has 1 unspecified atom stereocenters. The number of nitrogens with two attached hydrogens (primary N) is 1. The van der Waals surface area contributed by atoms with Crippen LogP contribution in [0.15, 0.2) is 23.9 Å². The predicted molar refractivity (Wildman–Crippen MR) is 38.6 cm³/mol. The van der Waals surface area contributed by atoms with E-state index in [2.05, 4.69) is 0 Å². The van der Waals surface area contributed by atoms with E-state index in [0.29, 0.717) is 5.70 Å². The van der Waals surface area contributed by atoms with Crippen molar-refractivity contribution in [3.63, 3.8) is 0 Å². The van der Waals surface area contributed by atoms with Crippen LogP contribution in [0.5, 0.6) is 0 Å². The van der Waals surface area contributed by atoms with Crippen LogP contribution >= 0.6 is 0 Å². The van der Waals surface area contributed by atoms with Gasteiger partial charge < -0.3 is 15.9 Å². The molecule has 1 aliphatic carbocycles. The number of hydrogen-bond donors (Lipinski definition) is 3. The quantitative estimate of drug-likeness (QED) is 0.481. The zero-order chi connectivity index (χ0) is 8.48. The Morgan fingerprint density at radius 2 is 2.36 bits per heavy atom. The molecule has 11 heavy (non-hydrogen) atoms. The van der Waals surface area contributed by atoms with E-state index in [-0.39, 0.29) is 6.42 Å². The third kappa shape index (κ3) is 1.40. The van der Waals surface area contributed by atoms with Gasteiger partial charge in [-0.3, -0.25) is 0 Å². The molecule has 1 atom stereocenters. The standard InChI is InChI=1S/C7H9NO3/c8-5-1-3-7(11,4-2-5)6(9)10/h1-3,11H,4,8H2,(H,9,10). The molecule has 0 heterocycles. The van der Waals surface area contributed by atoms with Crippen LogP contribution in [0.1, 0.15) is 6.42 Å². The largest absolute Gasteiger partial charge is 0.479 e. The van der Waals surface area contributed by atoms with Crippen molar-refractivity contribution in [1.82, 2.24) is 0 Å². The Kier molecular flexibility index (Phi) is 1.70. The van der Waals surface area contributed by atoms with Crippen LogP contribution in [0, 0.1) is 0 Å². The molecule has 4 N–H and O–H groups in total. The fraction of sp³-hybridized carbons (Fsp3) is 0.286. The molecule has 1 aliphatic rings. The number of hydrogen-bond acceptors (Lipinski definition) is 3. The third-order valence-electron chi connectivity index (χ3n) is 1.57. The molecule has 0 fully saturated rings. The minimum absolute atomic E-state index is 0.0324. The maximum Gasteiger partial charge on any atom is 0.340 e. The van der Waals surface area contributed by atoms with Gasteiger partial charge in [0.25, 0.3) is 0 Å². The van der Waals surface area contributed by atoms with Crippen molar-refractivity contribution in [2.24, 2.45) is 5.73 Å². The first-order valence-corrected chi connectivity index (χ1v) is 3.15. The van der Waals surface area contributed by atoms with E-state index in [1.54, 1.807) is 0 Å². The highest BCUT2D eigenvalue weighted by atomic mass is 16.4. The fourth-order valence-corrected chi connectivity index (χ4v) is 0.802. The number of carboxylic acids is 1. The molecule has 0 aliphatic heterocycles. The zero-order valence-corrected chi connectivity index (χ0v) is 5.82. The molecular weight excluding hydrogens is 146 g/mol. The van der Waals surface area contributed by atoms with Gasteiger partial charge in [-0.1, -0.05) is 6.08 Å². The van der Waals surface area contributed by atoms with Gasteiger partial charge in [0.05, 0.1) is 0 Å². The lowest BCUT2D eigenvalue weighted by molar-refractivity contribution is -0.153. The van der Waals surface area contributed by atoms with E-state index in [1.165, 1.54) is 18.2 Å². The maximum atomic E-state index is 10.4. The van der Waals surface area contributed by atoms with Crippen LogP contribution in [-0.4, -0.2) is 21.8 Å². The fourth-order valence-electron chi connectivity index (χ4n) is 0.802. The van der Waals surface area contributed by atoms with Gasteiger partial charge in [-0.25, -0.2) is 4.79 Å². The summed E-state index contributed by atoms with van der Waals surface area (Å²) in [6, 6.07) is 0. The van der Waals surface area contributed by atoms with Crippen molar-refractivity contribution < 1.29 is 15.0 Å². The first-order valence-electron chi connectivity index (χ1n) is 3.15. The zero-order valence-electron chi connectivity index (χ0n) is 5.82. The molecule has 1 rings (SSSR count). The Bertz CT molecular complexity index is 244. The van der Waals surface area contributed by atoms with E-state index in [0.717, 1.165) is 0 Å². The normalized spacial score (nSPS) is 29.7. The lowest BCUT2D eigenvalue weighted by atomic mass is 9.95. The lowest BCUT2D eigenvalue weighted by Crippen LogP contribution is -2.37. The minimum atomic E-state index is -1.76. The van der Waals surface area contributed by atoms with Crippen molar-refractivity contribution in [3.8, 4) is 0 Å². The molecule has 4 nitrogen and oxygen atoms in total. The number of allylic oxidation sites excluding steroid dienone is 1. The number of aliphatic hydroxyl groups is 1. The Morgan fingerprint density at radius 1 is 1.73 bits per heavy atom. The van der Waals surface area contributed by atoms with Gasteiger partial charge in [0, 0.05) is 12.1 Å². The average molecular weight is 155 g/mol. The van der Waals surface area contributed by atoms with Crippen LogP contribution in [0.4, 0.5) is 0 Å². The van der Waals surface area contributed by atoms with E-state index >= 15 is 0 Å². The first kappa shape index (κ1) is 7.81. The summed E-state index contributed by atoms with van der Waals surface area (Å²) in [7, 11) is 0. The summed E-state index contributed by atoms with van der Waals surface area (Å²) in [4.78, 5) is 10.4. The maximum absolute atomic E-state index is 10.4. The van der Waals surface area contributed by atoms with Crippen molar-refractivity contribution >= 4 is 5.97 Å². The molecule has 0 aromatic rings. The van der Waals surface area contributed by atoms with Crippen LogP contribution < -0.4 is 5.73 Å². The minimum Gasteiger partial charge on any atom is -0.479 e. The molecule has 0 aromatic carbocycles. The summed E-state index contributed by atoms with van der Waals surface area (Å²) in [6.45, 7) is 0. The molecular formula is C7H9NO3. The van der Waals surface area contributed by atoms with Crippen LogP contribution in [0.25, 0.3) is 0 Å². The number of carboxylic acid groups (broad SMARTS) is 1. The lowest BCUT2D eigenvalue weighted by Gasteiger charge is -2.20. The van der Waals surface area contributed by atoms with Crippen molar-refractivity contribution in [3.05, 3.63) is 23.9 Å². The SMILES string of the molecule is NC1=CCC(O)(C(=O)O)C=C1. The van der Waals surface area contributed by atoms with Crippen molar-refractivity contribution in [2.45, 2.75) is 12.0 Å². The summed E-state index contributed by atoms with van der Waals surface area (Å²) >= 11 is 0. The third-order valence-corrected chi connectivity index (χ3v) is 1.57. The summed E-state index contributed by atoms with van der Waals surface area (Å²) in [6.07, 6.45) is 4.08. The van der Waals surface area contributed by atoms with E-state index < -0.39 is 11.6 Å². The molecule has 0 saturated heterocycles. The second-order valence-electron chi connectivity index (χ2n) is 2.47. The second kappa shape index (κ2) is 2.39. The van der Waals surface area contributed by atoms with Gasteiger partial charge in [-0.2, -0.15) is 0 Å². The molecule has 4 heteroatoms. The highest BCUT2D eigenvalue weighted by Gasteiger charge is 2.33. The van der Waals surface area contributed by atoms with Crippen LogP contribution in [0.2, 0.25) is 0 Å². The Labute approximate surface area is 63.6 Å². The Balaban J connectivity index is 2.82. The highest BCUT2D eigenvalue weighted by molar-refractivity contribution is 5.80. The Morgan fingerprint density at radius 3 is 2.73 bits per heavy atom. The number of carbonyl (C=O) groups is 1. The van der Waals surface area contributed by atoms with Crippen LogP contribution in [-0.2, 0) is 4.79 Å². The molecule has 60 valence electrons. The molecule has 0 saturated carbocycles. The van der Waals surface area contributed by atoms with Gasteiger partial charge >= 0.3 is 5.97 Å². The molecule has 0 amide bonds. The number of aliphatic carboxylic acids is 1. The predicted octanol–water partition coefficient (Wildman–Crippen LogP) is -0.395. The molecule has 0 aromatic heterocycles. The van der Waals surface area contributed by atoms with Gasteiger partial charge in [0.1, 0.15) is 0 Å². The first-order chi connectivity index (χ1) is 5.04. The summed E-state index contributed by atoms with van der Waals surface area (Å²) in [5.41, 5.74) is 4.05. The van der Waals surface area contributed by atoms with E-state index in [1.807, 2.05) is 0 Å². The Hall–Kier alpha value is -1.29. The van der Waals surface area contributed by atoms with Gasteiger partial charge in [0.2, 0.25) is 0 Å². The molecule has 0 radical (unpaired) electrons. The van der Waals surface area contributed by atoms with Crippen LogP contribution in [0.3, 0.4) is 0 Å². The molecule has 0 spiro atoms. The average Bonchev–Trinajstić information content (AvgIpc) is 1.95. The molecule has 0 bridgehead atoms. The van der Waals surface area contributed by atoms with Crippen molar-refractivity contribution in [2.75, 3.05) is 0 Å². The summed E-state index contributed by atoms with van der Waals surface area (Å²) in [5.74, 6) is -1.25. The van der Waals surface area contributed by atoms with E-state index in [9.17, 15) is 9.90 Å². The number of rotatable bonds is 1.